The summed E-state index contributed by atoms with van der Waals surface area (Å²) in [5.41, 5.74) is 3.74. The fourth-order valence-electron chi connectivity index (χ4n) is 5.20. The minimum Gasteiger partial charge on any atom is -0.465 e. The van der Waals surface area contributed by atoms with E-state index in [-0.39, 0.29) is 37.0 Å². The van der Waals surface area contributed by atoms with E-state index in [0.717, 1.165) is 34.6 Å². The minimum absolute atomic E-state index is 0.00197. The van der Waals surface area contributed by atoms with Crippen molar-refractivity contribution < 1.29 is 19.5 Å². The van der Waals surface area contributed by atoms with E-state index in [1.54, 1.807) is 25.3 Å². The van der Waals surface area contributed by atoms with Crippen LogP contribution in [0.1, 0.15) is 63.0 Å². The Hall–Kier alpha value is -4.40. The monoisotopic (exact) mass is 543 g/mol. The molecule has 0 aliphatic carbocycles. The number of hydrogen-bond acceptors (Lipinski definition) is 5. The van der Waals surface area contributed by atoms with Gasteiger partial charge in [-0.25, -0.2) is 9.78 Å². The zero-order valence-corrected chi connectivity index (χ0v) is 23.6. The number of rotatable bonds is 7. The van der Waals surface area contributed by atoms with E-state index in [2.05, 4.69) is 28.6 Å². The van der Waals surface area contributed by atoms with Gasteiger partial charge in [-0.1, -0.05) is 24.3 Å². The molecule has 40 heavy (non-hydrogen) atoms. The first-order chi connectivity index (χ1) is 19.0. The normalized spacial score (nSPS) is 16.6. The van der Waals surface area contributed by atoms with Gasteiger partial charge in [0, 0.05) is 49.0 Å². The van der Waals surface area contributed by atoms with E-state index in [0.29, 0.717) is 5.56 Å². The van der Waals surface area contributed by atoms with Crippen LogP contribution in [0, 0.1) is 0 Å². The molecular formula is C31H37N5O4. The van der Waals surface area contributed by atoms with Gasteiger partial charge in [-0.2, -0.15) is 0 Å². The van der Waals surface area contributed by atoms with Gasteiger partial charge >= 0.3 is 6.09 Å². The first kappa shape index (κ1) is 28.6. The van der Waals surface area contributed by atoms with Crippen molar-refractivity contribution in [3.63, 3.8) is 0 Å². The summed E-state index contributed by atoms with van der Waals surface area (Å²) in [6, 6.07) is 19.1. The third-order valence-corrected chi connectivity index (χ3v) is 7.15. The molecular weight excluding hydrogens is 506 g/mol. The van der Waals surface area contributed by atoms with Crippen molar-refractivity contribution >= 4 is 29.4 Å². The second kappa shape index (κ2) is 11.8. The molecule has 9 heteroatoms. The number of hydrogen-bond donors (Lipinski definition) is 3. The predicted octanol–water partition coefficient (Wildman–Crippen LogP) is 5.56. The zero-order chi connectivity index (χ0) is 29.0. The molecule has 2 atom stereocenters. The molecule has 0 bridgehead atoms. The maximum absolute atomic E-state index is 12.7. The van der Waals surface area contributed by atoms with E-state index in [1.807, 2.05) is 68.1 Å². The first-order valence-corrected chi connectivity index (χ1v) is 13.5. The van der Waals surface area contributed by atoms with Gasteiger partial charge in [0.25, 0.3) is 5.91 Å². The number of pyridine rings is 1. The highest BCUT2D eigenvalue weighted by Crippen LogP contribution is 2.41. The Kier molecular flexibility index (Phi) is 8.42. The predicted molar refractivity (Wildman–Crippen MR) is 157 cm³/mol. The molecule has 9 nitrogen and oxygen atoms in total. The van der Waals surface area contributed by atoms with Crippen LogP contribution < -0.4 is 15.5 Å². The smallest absolute Gasteiger partial charge is 0.407 e. The Bertz CT molecular complexity index is 1370. The molecule has 0 fully saturated rings. The molecule has 1 aromatic heterocycles. The summed E-state index contributed by atoms with van der Waals surface area (Å²) >= 11 is 0. The fourth-order valence-corrected chi connectivity index (χ4v) is 5.20. The number of amides is 3. The number of anilines is 2. The van der Waals surface area contributed by atoms with Crippen molar-refractivity contribution in [1.29, 1.82) is 0 Å². The van der Waals surface area contributed by atoms with Crippen LogP contribution in [0.15, 0.2) is 66.9 Å². The standard InChI is InChI=1S/C31H37N5O4/c1-20-18-26(34-28-8-6-7-15-32-28)25-19-24(13-14-27(25)36(20)21(2)37)22-9-11-23(12-10-22)29(38)33-16-17-35(30(39)40)31(3,4)5/h6-15,19-20,26H,16-18H2,1-5H3,(H,32,34)(H,33,38)(H,39,40)/t20-,26+/m0/s1. The van der Waals surface area contributed by atoms with Gasteiger partial charge in [0.2, 0.25) is 5.91 Å². The number of benzene rings is 2. The molecule has 3 N–H and O–H groups in total. The largest absolute Gasteiger partial charge is 0.465 e. The van der Waals surface area contributed by atoms with Crippen molar-refractivity contribution in [3.05, 3.63) is 78.0 Å². The van der Waals surface area contributed by atoms with Gasteiger partial charge in [0.1, 0.15) is 5.82 Å². The summed E-state index contributed by atoms with van der Waals surface area (Å²) in [7, 11) is 0. The molecule has 0 saturated heterocycles. The summed E-state index contributed by atoms with van der Waals surface area (Å²) in [6.45, 7) is 9.50. The maximum atomic E-state index is 12.7. The fraction of sp³-hybridized carbons (Fsp3) is 0.355. The SMILES string of the molecule is CC(=O)N1c2ccc(-c3ccc(C(=O)NCCN(C(=O)O)C(C)(C)C)cc3)cc2[C@H](Nc2ccccn2)C[C@@H]1C. The summed E-state index contributed by atoms with van der Waals surface area (Å²) in [4.78, 5) is 44.3. The van der Waals surface area contributed by atoms with Gasteiger partial charge in [0.15, 0.2) is 0 Å². The van der Waals surface area contributed by atoms with Crippen LogP contribution in [-0.4, -0.2) is 57.6 Å². The molecule has 210 valence electrons. The number of aromatic nitrogens is 1. The molecule has 0 radical (unpaired) electrons. The van der Waals surface area contributed by atoms with E-state index < -0.39 is 11.6 Å². The van der Waals surface area contributed by atoms with Crippen LogP contribution in [-0.2, 0) is 4.79 Å². The lowest BCUT2D eigenvalue weighted by Gasteiger charge is -2.39. The van der Waals surface area contributed by atoms with Crippen LogP contribution in [0.3, 0.4) is 0 Å². The third-order valence-electron chi connectivity index (χ3n) is 7.15. The quantitative estimate of drug-likeness (QED) is 0.360. The topological polar surface area (TPSA) is 115 Å². The number of carbonyl (C=O) groups excluding carboxylic acids is 2. The highest BCUT2D eigenvalue weighted by atomic mass is 16.4. The number of nitrogens with one attached hydrogen (secondary N) is 2. The molecule has 0 spiro atoms. The molecule has 4 rings (SSSR count). The number of carbonyl (C=O) groups is 3. The lowest BCUT2D eigenvalue weighted by atomic mass is 9.89. The molecule has 1 aliphatic rings. The summed E-state index contributed by atoms with van der Waals surface area (Å²) in [5.74, 6) is 0.515. The van der Waals surface area contributed by atoms with E-state index in [1.165, 1.54) is 4.90 Å². The molecule has 2 aromatic carbocycles. The maximum Gasteiger partial charge on any atom is 0.407 e. The van der Waals surface area contributed by atoms with E-state index >= 15 is 0 Å². The van der Waals surface area contributed by atoms with Crippen molar-refractivity contribution in [1.82, 2.24) is 15.2 Å². The van der Waals surface area contributed by atoms with Crippen LogP contribution in [0.25, 0.3) is 11.1 Å². The lowest BCUT2D eigenvalue weighted by molar-refractivity contribution is -0.117. The average Bonchev–Trinajstić information content (AvgIpc) is 2.90. The van der Waals surface area contributed by atoms with E-state index in [4.69, 9.17) is 0 Å². The Balaban J connectivity index is 1.53. The third kappa shape index (κ3) is 6.42. The van der Waals surface area contributed by atoms with E-state index in [9.17, 15) is 19.5 Å². The summed E-state index contributed by atoms with van der Waals surface area (Å²) < 4.78 is 0. The van der Waals surface area contributed by atoms with Gasteiger partial charge in [-0.15, -0.1) is 0 Å². The van der Waals surface area contributed by atoms with Gasteiger partial charge < -0.3 is 25.5 Å². The second-order valence-corrected chi connectivity index (χ2v) is 11.1. The van der Waals surface area contributed by atoms with Crippen LogP contribution in [0.2, 0.25) is 0 Å². The Morgan fingerprint density at radius 2 is 1.75 bits per heavy atom. The van der Waals surface area contributed by atoms with Crippen LogP contribution >= 0.6 is 0 Å². The number of carboxylic acid groups (broad SMARTS) is 1. The van der Waals surface area contributed by atoms with Gasteiger partial charge in [-0.05, 0) is 87.2 Å². The molecule has 3 amide bonds. The van der Waals surface area contributed by atoms with Crippen molar-refractivity contribution in [2.75, 3.05) is 23.3 Å². The molecule has 1 aliphatic heterocycles. The molecule has 3 aromatic rings. The average molecular weight is 544 g/mol. The lowest BCUT2D eigenvalue weighted by Crippen LogP contribution is -2.48. The Morgan fingerprint density at radius 3 is 2.35 bits per heavy atom. The molecule has 0 unspecified atom stereocenters. The van der Waals surface area contributed by atoms with Crippen LogP contribution in [0.4, 0.5) is 16.3 Å². The highest BCUT2D eigenvalue weighted by Gasteiger charge is 2.33. The Labute approximate surface area is 235 Å². The van der Waals surface area contributed by atoms with Crippen molar-refractivity contribution in [2.24, 2.45) is 0 Å². The summed E-state index contributed by atoms with van der Waals surface area (Å²) in [6.07, 6.45) is 1.47. The molecule has 0 saturated carbocycles. The first-order valence-electron chi connectivity index (χ1n) is 13.5. The zero-order valence-electron chi connectivity index (χ0n) is 23.6. The number of nitrogens with zero attached hydrogens (tertiary/aromatic N) is 3. The highest BCUT2D eigenvalue weighted by molar-refractivity contribution is 5.95. The van der Waals surface area contributed by atoms with Gasteiger partial charge in [-0.3, -0.25) is 9.59 Å². The second-order valence-electron chi connectivity index (χ2n) is 11.1. The summed E-state index contributed by atoms with van der Waals surface area (Å²) in [5, 5.41) is 15.8. The van der Waals surface area contributed by atoms with Crippen molar-refractivity contribution in [2.45, 2.75) is 58.7 Å². The molecule has 2 heterocycles. The van der Waals surface area contributed by atoms with Crippen molar-refractivity contribution in [3.8, 4) is 11.1 Å². The Morgan fingerprint density at radius 1 is 1.05 bits per heavy atom. The number of fused-ring (bicyclic) bond motifs is 1. The minimum atomic E-state index is -1.02. The van der Waals surface area contributed by atoms with Crippen LogP contribution in [0.5, 0.6) is 0 Å². The van der Waals surface area contributed by atoms with Gasteiger partial charge in [0.05, 0.1) is 6.04 Å².